The van der Waals surface area contributed by atoms with E-state index in [9.17, 15) is 9.59 Å². The average molecular weight is 331 g/mol. The lowest BCUT2D eigenvalue weighted by molar-refractivity contribution is -0.125. The van der Waals surface area contributed by atoms with Gasteiger partial charge in [0.25, 0.3) is 5.91 Å². The Morgan fingerprint density at radius 2 is 1.72 bits per heavy atom. The minimum absolute atomic E-state index is 0.198. The highest BCUT2D eigenvalue weighted by atomic mass is 16.2. The first-order valence-corrected chi connectivity index (χ1v) is 8.43. The molecule has 1 aromatic heterocycles. The van der Waals surface area contributed by atoms with Gasteiger partial charge in [0.2, 0.25) is 0 Å². The summed E-state index contributed by atoms with van der Waals surface area (Å²) in [5, 5.41) is 1.14. The van der Waals surface area contributed by atoms with Crippen LogP contribution in [0.25, 0.3) is 10.9 Å². The Labute approximate surface area is 144 Å². The van der Waals surface area contributed by atoms with Crippen LogP contribution in [-0.4, -0.2) is 28.4 Å². The monoisotopic (exact) mass is 331 g/mol. The number of H-pyrrole nitrogens is 1. The van der Waals surface area contributed by atoms with Gasteiger partial charge in [-0.25, -0.2) is 9.69 Å². The quantitative estimate of drug-likeness (QED) is 0.695. The lowest BCUT2D eigenvalue weighted by Crippen LogP contribution is -2.49. The van der Waals surface area contributed by atoms with Gasteiger partial charge in [0.1, 0.15) is 0 Å². The summed E-state index contributed by atoms with van der Waals surface area (Å²) in [6, 6.07) is 17.0. The molecule has 5 nitrogen and oxygen atoms in total. The highest BCUT2D eigenvalue weighted by Gasteiger charge is 2.58. The molecule has 5 heteroatoms. The number of nitrogens with one attached hydrogen (secondary N) is 1. The first-order chi connectivity index (χ1) is 12.1. The molecule has 25 heavy (non-hydrogen) atoms. The van der Waals surface area contributed by atoms with Crippen LogP contribution in [0.5, 0.6) is 0 Å². The van der Waals surface area contributed by atoms with E-state index in [0.717, 1.165) is 28.6 Å². The van der Waals surface area contributed by atoms with Crippen molar-refractivity contribution >= 4 is 28.5 Å². The number of aromatic amines is 1. The fourth-order valence-electron chi connectivity index (χ4n) is 4.20. The standard InChI is InChI=1S/C20H17N3O2/c1-20-17-15(14-9-5-6-10-16(14)21-17)11-12-22(20)19(25)23(18(20)24)13-7-3-2-4-8-13/h2-10,21H,11-12H2,1H3/t20-/m0/s1. The first-order valence-electron chi connectivity index (χ1n) is 8.43. The highest BCUT2D eigenvalue weighted by molar-refractivity contribution is 6.23. The van der Waals surface area contributed by atoms with E-state index < -0.39 is 5.54 Å². The number of urea groups is 1. The van der Waals surface area contributed by atoms with Crippen molar-refractivity contribution in [3.8, 4) is 0 Å². The van der Waals surface area contributed by atoms with Crippen LogP contribution in [0.15, 0.2) is 54.6 Å². The van der Waals surface area contributed by atoms with Crippen molar-refractivity contribution in [3.63, 3.8) is 0 Å². The van der Waals surface area contributed by atoms with E-state index >= 15 is 0 Å². The Bertz CT molecular complexity index is 1020. The van der Waals surface area contributed by atoms with Crippen molar-refractivity contribution in [3.05, 3.63) is 65.9 Å². The minimum atomic E-state index is -0.987. The van der Waals surface area contributed by atoms with E-state index in [1.807, 2.05) is 43.3 Å². The smallest absolute Gasteiger partial charge is 0.332 e. The molecule has 0 radical (unpaired) electrons. The van der Waals surface area contributed by atoms with Crippen molar-refractivity contribution < 1.29 is 9.59 Å². The Balaban J connectivity index is 1.72. The molecule has 0 saturated carbocycles. The lowest BCUT2D eigenvalue weighted by atomic mass is 9.87. The molecule has 1 atom stereocenters. The SMILES string of the molecule is C[C@]12C(=O)N(c3ccccc3)C(=O)N1CCc1c2[nH]c2ccccc12. The molecule has 2 aliphatic rings. The van der Waals surface area contributed by atoms with Crippen LogP contribution in [0.4, 0.5) is 10.5 Å². The van der Waals surface area contributed by atoms with E-state index in [4.69, 9.17) is 0 Å². The van der Waals surface area contributed by atoms with Crippen molar-refractivity contribution in [1.82, 2.24) is 9.88 Å². The van der Waals surface area contributed by atoms with E-state index in [2.05, 4.69) is 11.1 Å². The number of anilines is 1. The maximum absolute atomic E-state index is 13.4. The molecule has 0 aliphatic carbocycles. The van der Waals surface area contributed by atoms with Gasteiger partial charge < -0.3 is 9.88 Å². The van der Waals surface area contributed by atoms with Gasteiger partial charge in [-0.3, -0.25) is 4.79 Å². The average Bonchev–Trinajstić information content (AvgIpc) is 3.11. The normalized spacial score (nSPS) is 22.4. The number of hydrogen-bond donors (Lipinski definition) is 1. The summed E-state index contributed by atoms with van der Waals surface area (Å²) < 4.78 is 0. The molecule has 124 valence electrons. The third-order valence-corrected chi connectivity index (χ3v) is 5.48. The van der Waals surface area contributed by atoms with Crippen LogP contribution < -0.4 is 4.90 Å². The molecule has 5 rings (SSSR count). The third-order valence-electron chi connectivity index (χ3n) is 5.48. The van der Waals surface area contributed by atoms with Crippen LogP contribution in [0.2, 0.25) is 0 Å². The van der Waals surface area contributed by atoms with E-state index in [1.54, 1.807) is 17.0 Å². The number of imide groups is 1. The summed E-state index contributed by atoms with van der Waals surface area (Å²) in [5.41, 5.74) is 2.63. The Morgan fingerprint density at radius 3 is 2.52 bits per heavy atom. The number of benzene rings is 2. The highest BCUT2D eigenvalue weighted by Crippen LogP contribution is 2.45. The van der Waals surface area contributed by atoms with Crippen molar-refractivity contribution in [2.45, 2.75) is 18.9 Å². The zero-order valence-electron chi connectivity index (χ0n) is 13.8. The third kappa shape index (κ3) is 1.67. The maximum atomic E-state index is 13.4. The summed E-state index contributed by atoms with van der Waals surface area (Å²) in [6.45, 7) is 2.39. The molecule has 1 saturated heterocycles. The van der Waals surface area contributed by atoms with Crippen LogP contribution in [0.1, 0.15) is 18.2 Å². The summed E-state index contributed by atoms with van der Waals surface area (Å²) in [6.07, 6.45) is 0.747. The number of fused-ring (bicyclic) bond motifs is 5. The molecule has 1 N–H and O–H groups in total. The van der Waals surface area contributed by atoms with Crippen LogP contribution in [-0.2, 0) is 16.8 Å². The van der Waals surface area contributed by atoms with Gasteiger partial charge in [-0.2, -0.15) is 0 Å². The van der Waals surface area contributed by atoms with Crippen molar-refractivity contribution in [2.75, 3.05) is 11.4 Å². The molecule has 1 fully saturated rings. The lowest BCUT2D eigenvalue weighted by Gasteiger charge is -2.35. The molecule has 0 unspecified atom stereocenters. The Morgan fingerprint density at radius 1 is 1.00 bits per heavy atom. The van der Waals surface area contributed by atoms with E-state index in [-0.39, 0.29) is 11.9 Å². The summed E-state index contributed by atoms with van der Waals surface area (Å²) in [4.78, 5) is 32.8. The molecule has 3 aromatic rings. The molecule has 2 aromatic carbocycles. The first kappa shape index (κ1) is 14.3. The number of amides is 3. The van der Waals surface area contributed by atoms with Crippen molar-refractivity contribution in [1.29, 1.82) is 0 Å². The predicted molar refractivity (Wildman–Crippen MR) is 95.4 cm³/mol. The van der Waals surface area contributed by atoms with Gasteiger partial charge in [-0.15, -0.1) is 0 Å². The molecule has 0 bridgehead atoms. The molecule has 3 amide bonds. The second-order valence-electron chi connectivity index (χ2n) is 6.76. The van der Waals surface area contributed by atoms with Gasteiger partial charge in [-0.1, -0.05) is 36.4 Å². The van der Waals surface area contributed by atoms with Crippen LogP contribution >= 0.6 is 0 Å². The second-order valence-corrected chi connectivity index (χ2v) is 6.76. The number of carbonyl (C=O) groups excluding carboxylic acids is 2. The number of para-hydroxylation sites is 2. The van der Waals surface area contributed by atoms with Crippen LogP contribution in [0, 0.1) is 0 Å². The predicted octanol–water partition coefficient (Wildman–Crippen LogP) is 3.41. The number of carbonyl (C=O) groups is 2. The Hall–Kier alpha value is -3.08. The number of hydrogen-bond acceptors (Lipinski definition) is 2. The van der Waals surface area contributed by atoms with Gasteiger partial charge in [-0.05, 0) is 37.1 Å². The number of aromatic nitrogens is 1. The molecule has 2 aliphatic heterocycles. The van der Waals surface area contributed by atoms with Gasteiger partial charge in [0.05, 0.1) is 11.4 Å². The molecular formula is C20H17N3O2. The van der Waals surface area contributed by atoms with E-state index in [1.165, 1.54) is 4.90 Å². The summed E-state index contributed by atoms with van der Waals surface area (Å²) in [7, 11) is 0. The van der Waals surface area contributed by atoms with Gasteiger partial charge in [0.15, 0.2) is 5.54 Å². The fourth-order valence-corrected chi connectivity index (χ4v) is 4.20. The largest absolute Gasteiger partial charge is 0.356 e. The Kier molecular flexibility index (Phi) is 2.70. The zero-order valence-corrected chi connectivity index (χ0v) is 13.8. The van der Waals surface area contributed by atoms with Gasteiger partial charge in [0, 0.05) is 17.4 Å². The van der Waals surface area contributed by atoms with Crippen LogP contribution in [0.3, 0.4) is 0 Å². The maximum Gasteiger partial charge on any atom is 0.332 e. The molecular weight excluding hydrogens is 314 g/mol. The molecule has 0 spiro atoms. The van der Waals surface area contributed by atoms with Gasteiger partial charge >= 0.3 is 6.03 Å². The second kappa shape index (κ2) is 4.72. The summed E-state index contributed by atoms with van der Waals surface area (Å²) >= 11 is 0. The zero-order chi connectivity index (χ0) is 17.2. The molecule has 3 heterocycles. The fraction of sp³-hybridized carbons (Fsp3) is 0.200. The number of nitrogens with zero attached hydrogens (tertiary/aromatic N) is 2. The number of rotatable bonds is 1. The van der Waals surface area contributed by atoms with Crippen molar-refractivity contribution in [2.24, 2.45) is 0 Å². The summed E-state index contributed by atoms with van der Waals surface area (Å²) in [5.74, 6) is -0.198. The topological polar surface area (TPSA) is 56.4 Å². The minimum Gasteiger partial charge on any atom is -0.356 e. The van der Waals surface area contributed by atoms with E-state index in [0.29, 0.717) is 12.2 Å².